The van der Waals surface area contributed by atoms with Crippen molar-refractivity contribution >= 4 is 17.5 Å². The molecule has 0 aromatic carbocycles. The van der Waals surface area contributed by atoms with Crippen LogP contribution in [0.4, 0.5) is 11.5 Å². The summed E-state index contributed by atoms with van der Waals surface area (Å²) in [5.74, 6) is -0.479. The molecule has 0 radical (unpaired) electrons. The van der Waals surface area contributed by atoms with Gasteiger partial charge in [-0.2, -0.15) is 0 Å². The minimum atomic E-state index is -1.03. The van der Waals surface area contributed by atoms with Crippen molar-refractivity contribution < 1.29 is 9.90 Å². The number of hydrogen-bond donors (Lipinski definition) is 3. The zero-order valence-corrected chi connectivity index (χ0v) is 9.53. The number of carboxylic acid groups (broad SMARTS) is 1. The van der Waals surface area contributed by atoms with Crippen molar-refractivity contribution in [2.75, 3.05) is 11.1 Å². The molecule has 0 aliphatic heterocycles. The lowest BCUT2D eigenvalue weighted by Crippen LogP contribution is -2.18. The van der Waals surface area contributed by atoms with Crippen LogP contribution < -0.4 is 11.1 Å². The summed E-state index contributed by atoms with van der Waals surface area (Å²) in [4.78, 5) is 14.9. The highest BCUT2D eigenvalue weighted by atomic mass is 16.4. The van der Waals surface area contributed by atoms with Crippen molar-refractivity contribution in [3.8, 4) is 0 Å². The predicted molar refractivity (Wildman–Crippen MR) is 63.6 cm³/mol. The van der Waals surface area contributed by atoms with Gasteiger partial charge in [-0.05, 0) is 18.9 Å². The fourth-order valence-corrected chi connectivity index (χ4v) is 1.43. The molecule has 88 valence electrons. The SMILES string of the molecule is CCC(CC)Nc1cc(C(=O)O)c(N)cn1. The molecule has 0 fully saturated rings. The van der Waals surface area contributed by atoms with Crippen LogP contribution in [0.1, 0.15) is 37.0 Å². The van der Waals surface area contributed by atoms with E-state index >= 15 is 0 Å². The molecular formula is C11H17N3O2. The number of aromatic carboxylic acids is 1. The largest absolute Gasteiger partial charge is 0.478 e. The topological polar surface area (TPSA) is 88.2 Å². The number of nitrogens with two attached hydrogens (primary N) is 1. The van der Waals surface area contributed by atoms with Crippen molar-refractivity contribution in [2.24, 2.45) is 0 Å². The van der Waals surface area contributed by atoms with E-state index in [0.29, 0.717) is 11.9 Å². The molecule has 0 bridgehead atoms. The first-order chi connectivity index (χ1) is 7.58. The van der Waals surface area contributed by atoms with Gasteiger partial charge in [0.15, 0.2) is 0 Å². The van der Waals surface area contributed by atoms with E-state index in [0.717, 1.165) is 12.8 Å². The van der Waals surface area contributed by atoms with Gasteiger partial charge in [-0.3, -0.25) is 0 Å². The Morgan fingerprint density at radius 2 is 2.19 bits per heavy atom. The minimum Gasteiger partial charge on any atom is -0.478 e. The molecule has 0 spiro atoms. The summed E-state index contributed by atoms with van der Waals surface area (Å²) in [6.07, 6.45) is 3.30. The molecule has 1 rings (SSSR count). The third-order valence-electron chi connectivity index (χ3n) is 2.50. The van der Waals surface area contributed by atoms with Gasteiger partial charge >= 0.3 is 5.97 Å². The third-order valence-corrected chi connectivity index (χ3v) is 2.50. The molecule has 5 heteroatoms. The summed E-state index contributed by atoms with van der Waals surface area (Å²) in [6, 6.07) is 1.77. The Labute approximate surface area is 94.7 Å². The number of nitrogen functional groups attached to an aromatic ring is 1. The summed E-state index contributed by atoms with van der Waals surface area (Å²) >= 11 is 0. The van der Waals surface area contributed by atoms with Crippen molar-refractivity contribution in [3.63, 3.8) is 0 Å². The van der Waals surface area contributed by atoms with E-state index in [2.05, 4.69) is 24.1 Å². The molecule has 1 aromatic rings. The standard InChI is InChI=1S/C11H17N3O2/c1-3-7(4-2)14-10-5-8(11(15)16)9(12)6-13-10/h5-7H,3-4,12H2,1-2H3,(H,13,14)(H,15,16). The van der Waals surface area contributed by atoms with Crippen LogP contribution in [0.25, 0.3) is 0 Å². The summed E-state index contributed by atoms with van der Waals surface area (Å²) < 4.78 is 0. The number of pyridine rings is 1. The maximum atomic E-state index is 10.9. The van der Waals surface area contributed by atoms with E-state index in [-0.39, 0.29) is 11.3 Å². The van der Waals surface area contributed by atoms with Crippen molar-refractivity contribution in [2.45, 2.75) is 32.7 Å². The molecule has 0 aliphatic rings. The van der Waals surface area contributed by atoms with E-state index in [1.807, 2.05) is 0 Å². The quantitative estimate of drug-likeness (QED) is 0.710. The second-order valence-electron chi connectivity index (χ2n) is 3.62. The van der Waals surface area contributed by atoms with Crippen LogP contribution in [-0.4, -0.2) is 22.1 Å². The van der Waals surface area contributed by atoms with Crippen molar-refractivity contribution in [3.05, 3.63) is 17.8 Å². The normalized spacial score (nSPS) is 10.4. The molecule has 0 atom stereocenters. The van der Waals surface area contributed by atoms with E-state index in [1.165, 1.54) is 12.3 Å². The number of carbonyl (C=O) groups is 1. The van der Waals surface area contributed by atoms with Crippen LogP contribution in [0.3, 0.4) is 0 Å². The average Bonchev–Trinajstić information content (AvgIpc) is 2.27. The summed E-state index contributed by atoms with van der Waals surface area (Å²) in [5.41, 5.74) is 5.78. The molecule has 0 unspecified atom stereocenters. The molecule has 1 heterocycles. The van der Waals surface area contributed by atoms with Gasteiger partial charge in [-0.1, -0.05) is 13.8 Å². The van der Waals surface area contributed by atoms with Crippen LogP contribution >= 0.6 is 0 Å². The highest BCUT2D eigenvalue weighted by molar-refractivity contribution is 5.94. The Kier molecular flexibility index (Phi) is 4.10. The van der Waals surface area contributed by atoms with E-state index in [9.17, 15) is 4.79 Å². The van der Waals surface area contributed by atoms with Gasteiger partial charge < -0.3 is 16.2 Å². The van der Waals surface area contributed by atoms with E-state index < -0.39 is 5.97 Å². The number of hydrogen-bond acceptors (Lipinski definition) is 4. The summed E-state index contributed by atoms with van der Waals surface area (Å²) in [7, 11) is 0. The van der Waals surface area contributed by atoms with Crippen molar-refractivity contribution in [1.82, 2.24) is 4.98 Å². The average molecular weight is 223 g/mol. The first kappa shape index (κ1) is 12.3. The van der Waals surface area contributed by atoms with E-state index in [1.54, 1.807) is 0 Å². The first-order valence-corrected chi connectivity index (χ1v) is 5.33. The van der Waals surface area contributed by atoms with Gasteiger partial charge in [0.2, 0.25) is 0 Å². The number of rotatable bonds is 5. The first-order valence-electron chi connectivity index (χ1n) is 5.33. The number of nitrogens with zero attached hydrogens (tertiary/aromatic N) is 1. The second kappa shape index (κ2) is 5.34. The molecule has 16 heavy (non-hydrogen) atoms. The lowest BCUT2D eigenvalue weighted by atomic mass is 10.1. The number of aromatic nitrogens is 1. The van der Waals surface area contributed by atoms with Gasteiger partial charge in [0.25, 0.3) is 0 Å². The zero-order valence-electron chi connectivity index (χ0n) is 9.53. The monoisotopic (exact) mass is 223 g/mol. The van der Waals surface area contributed by atoms with Gasteiger partial charge in [0, 0.05) is 6.04 Å². The fraction of sp³-hybridized carbons (Fsp3) is 0.455. The molecule has 5 nitrogen and oxygen atoms in total. The molecular weight excluding hydrogens is 206 g/mol. The highest BCUT2D eigenvalue weighted by Crippen LogP contribution is 2.16. The fourth-order valence-electron chi connectivity index (χ4n) is 1.43. The second-order valence-corrected chi connectivity index (χ2v) is 3.62. The molecule has 0 saturated carbocycles. The molecule has 0 aliphatic carbocycles. The number of anilines is 2. The highest BCUT2D eigenvalue weighted by Gasteiger charge is 2.11. The Morgan fingerprint density at radius 1 is 1.56 bits per heavy atom. The molecule has 4 N–H and O–H groups in total. The zero-order chi connectivity index (χ0) is 12.1. The van der Waals surface area contributed by atoms with Gasteiger partial charge in [-0.15, -0.1) is 0 Å². The van der Waals surface area contributed by atoms with Crippen LogP contribution in [0, 0.1) is 0 Å². The number of nitrogens with one attached hydrogen (secondary N) is 1. The molecule has 0 saturated heterocycles. The lowest BCUT2D eigenvalue weighted by Gasteiger charge is -2.15. The smallest absolute Gasteiger partial charge is 0.337 e. The number of carboxylic acids is 1. The van der Waals surface area contributed by atoms with Crippen LogP contribution in [0.15, 0.2) is 12.3 Å². The van der Waals surface area contributed by atoms with Crippen LogP contribution in [0.2, 0.25) is 0 Å². The van der Waals surface area contributed by atoms with Gasteiger partial charge in [0.05, 0.1) is 17.4 Å². The third kappa shape index (κ3) is 2.85. The Bertz CT molecular complexity index is 375. The molecule has 1 aromatic heterocycles. The Balaban J connectivity index is 2.90. The predicted octanol–water partition coefficient (Wildman–Crippen LogP) is 1.96. The van der Waals surface area contributed by atoms with Crippen LogP contribution in [-0.2, 0) is 0 Å². The van der Waals surface area contributed by atoms with E-state index in [4.69, 9.17) is 10.8 Å². The minimum absolute atomic E-state index is 0.0865. The molecule has 0 amide bonds. The maximum absolute atomic E-state index is 10.9. The van der Waals surface area contributed by atoms with Gasteiger partial charge in [-0.25, -0.2) is 9.78 Å². The van der Waals surface area contributed by atoms with Crippen molar-refractivity contribution in [1.29, 1.82) is 0 Å². The summed E-state index contributed by atoms with van der Waals surface area (Å²) in [5, 5.41) is 12.1. The Hall–Kier alpha value is -1.78. The summed E-state index contributed by atoms with van der Waals surface area (Å²) in [6.45, 7) is 4.13. The van der Waals surface area contributed by atoms with Gasteiger partial charge in [0.1, 0.15) is 5.82 Å². The lowest BCUT2D eigenvalue weighted by molar-refractivity contribution is 0.0698. The Morgan fingerprint density at radius 3 is 2.69 bits per heavy atom. The maximum Gasteiger partial charge on any atom is 0.337 e. The van der Waals surface area contributed by atoms with Crippen LogP contribution in [0.5, 0.6) is 0 Å².